The third-order valence-corrected chi connectivity index (χ3v) is 5.22. The highest BCUT2D eigenvalue weighted by Gasteiger charge is 2.61. The van der Waals surface area contributed by atoms with Crippen LogP contribution in [-0.2, 0) is 0 Å². The number of fused-ring (bicyclic) bond motifs is 5. The predicted molar refractivity (Wildman–Crippen MR) is 79.8 cm³/mol. The van der Waals surface area contributed by atoms with Crippen molar-refractivity contribution >= 4 is 6.08 Å². The lowest BCUT2D eigenvalue weighted by Crippen LogP contribution is -1.96. The normalized spacial score (nSPS) is 36.4. The molecule has 104 valence electrons. The van der Waals surface area contributed by atoms with E-state index < -0.39 is 0 Å². The fraction of sp³-hybridized carbons (Fsp3) is 0.444. The zero-order valence-electron chi connectivity index (χ0n) is 12.0. The van der Waals surface area contributed by atoms with Gasteiger partial charge in [-0.2, -0.15) is 0 Å². The van der Waals surface area contributed by atoms with E-state index in [0.717, 1.165) is 46.7 Å². The van der Waals surface area contributed by atoms with Gasteiger partial charge < -0.3 is 9.47 Å². The van der Waals surface area contributed by atoms with Gasteiger partial charge in [-0.15, -0.1) is 0 Å². The van der Waals surface area contributed by atoms with Crippen LogP contribution in [0, 0.1) is 29.6 Å². The summed E-state index contributed by atoms with van der Waals surface area (Å²) in [5, 5.41) is 0. The fourth-order valence-electron chi connectivity index (χ4n) is 4.26. The molecule has 2 bridgehead atoms. The number of hydrogen-bond acceptors (Lipinski definition) is 2. The van der Waals surface area contributed by atoms with E-state index in [-0.39, 0.29) is 0 Å². The van der Waals surface area contributed by atoms with E-state index in [4.69, 9.17) is 9.47 Å². The average molecular weight is 268 g/mol. The molecule has 0 heterocycles. The Hall–Kier alpha value is -1.70. The van der Waals surface area contributed by atoms with Crippen LogP contribution in [-0.4, -0.2) is 14.2 Å². The third kappa shape index (κ3) is 1.78. The van der Waals surface area contributed by atoms with Crippen LogP contribution in [0.25, 0.3) is 6.08 Å². The molecular formula is C18H20O2. The van der Waals surface area contributed by atoms with Crippen LogP contribution < -0.4 is 9.47 Å². The highest BCUT2D eigenvalue weighted by atomic mass is 16.5. The molecule has 3 aliphatic rings. The maximum absolute atomic E-state index is 5.31. The van der Waals surface area contributed by atoms with Crippen molar-refractivity contribution in [3.05, 3.63) is 42.0 Å². The lowest BCUT2D eigenvalue weighted by molar-refractivity contribution is 0.394. The zero-order chi connectivity index (χ0) is 13.7. The molecule has 2 saturated carbocycles. The number of benzene rings is 1. The first-order chi connectivity index (χ1) is 9.80. The Labute approximate surface area is 120 Å². The van der Waals surface area contributed by atoms with Gasteiger partial charge >= 0.3 is 0 Å². The molecule has 2 heteroatoms. The lowest BCUT2D eigenvalue weighted by atomic mass is 10.0. The summed E-state index contributed by atoms with van der Waals surface area (Å²) in [5.41, 5.74) is 1.16. The van der Waals surface area contributed by atoms with E-state index in [2.05, 4.69) is 36.4 Å². The summed E-state index contributed by atoms with van der Waals surface area (Å²) in [6, 6.07) is 6.03. The Morgan fingerprint density at radius 3 is 2.10 bits per heavy atom. The summed E-state index contributed by atoms with van der Waals surface area (Å²) in [5.74, 6) is 6.05. The lowest BCUT2D eigenvalue weighted by Gasteiger charge is -2.07. The summed E-state index contributed by atoms with van der Waals surface area (Å²) in [6.45, 7) is 0. The molecular weight excluding hydrogens is 248 g/mol. The monoisotopic (exact) mass is 268 g/mol. The molecule has 5 atom stereocenters. The number of allylic oxidation sites excluding steroid dienone is 3. The average Bonchev–Trinajstić information content (AvgIpc) is 2.87. The minimum atomic E-state index is 0.783. The van der Waals surface area contributed by atoms with E-state index in [0.29, 0.717) is 0 Å². The first kappa shape index (κ1) is 12.1. The van der Waals surface area contributed by atoms with Crippen LogP contribution in [0.3, 0.4) is 0 Å². The Bertz CT molecular complexity index is 547. The van der Waals surface area contributed by atoms with Gasteiger partial charge in [0.05, 0.1) is 14.2 Å². The van der Waals surface area contributed by atoms with Crippen molar-refractivity contribution in [1.82, 2.24) is 0 Å². The fourth-order valence-corrected chi connectivity index (χ4v) is 4.26. The molecule has 0 amide bonds. The van der Waals surface area contributed by atoms with E-state index in [1.807, 2.05) is 6.07 Å². The molecule has 0 aliphatic heterocycles. The van der Waals surface area contributed by atoms with Crippen LogP contribution >= 0.6 is 0 Å². The molecule has 2 nitrogen and oxygen atoms in total. The summed E-state index contributed by atoms with van der Waals surface area (Å²) in [7, 11) is 3.38. The molecule has 20 heavy (non-hydrogen) atoms. The SMILES string of the molecule is COc1cc(/C=C/C2[C@@H]3[C@H]2[C@H]2C=C[C@@H]3C2)cc(OC)c1. The highest BCUT2D eigenvalue weighted by molar-refractivity contribution is 5.56. The first-order valence-corrected chi connectivity index (χ1v) is 7.40. The molecule has 0 radical (unpaired) electrons. The van der Waals surface area contributed by atoms with Crippen molar-refractivity contribution in [2.24, 2.45) is 29.6 Å². The predicted octanol–water partition coefficient (Wildman–Crippen LogP) is 3.79. The maximum Gasteiger partial charge on any atom is 0.123 e. The Balaban J connectivity index is 1.51. The second kappa shape index (κ2) is 4.41. The van der Waals surface area contributed by atoms with E-state index in [9.17, 15) is 0 Å². The second-order valence-corrected chi connectivity index (χ2v) is 6.19. The van der Waals surface area contributed by atoms with Crippen LogP contribution in [0.2, 0.25) is 0 Å². The van der Waals surface area contributed by atoms with Gasteiger partial charge in [-0.1, -0.05) is 24.3 Å². The van der Waals surface area contributed by atoms with Crippen LogP contribution in [0.5, 0.6) is 11.5 Å². The standard InChI is InChI=1S/C18H20O2/c1-19-14-7-11(8-15(10-14)20-2)3-6-16-17-12-4-5-13(9-12)18(16)17/h3-8,10,12-13,16-18H,9H2,1-2H3/b6-3+/t12-,13+,16?,17-,18+. The molecule has 4 rings (SSSR count). The molecule has 3 aliphatic carbocycles. The van der Waals surface area contributed by atoms with Crippen LogP contribution in [0.15, 0.2) is 36.4 Å². The van der Waals surface area contributed by atoms with Gasteiger partial charge in [0.25, 0.3) is 0 Å². The number of methoxy groups -OCH3 is 2. The van der Waals surface area contributed by atoms with Gasteiger partial charge in [0, 0.05) is 6.07 Å². The molecule has 1 aromatic rings. The Morgan fingerprint density at radius 1 is 0.950 bits per heavy atom. The summed E-state index contributed by atoms with van der Waals surface area (Å²) in [4.78, 5) is 0. The quantitative estimate of drug-likeness (QED) is 0.774. The van der Waals surface area contributed by atoms with Crippen molar-refractivity contribution in [3.63, 3.8) is 0 Å². The largest absolute Gasteiger partial charge is 0.497 e. The summed E-state index contributed by atoms with van der Waals surface area (Å²) < 4.78 is 10.6. The third-order valence-electron chi connectivity index (χ3n) is 5.22. The van der Waals surface area contributed by atoms with Crippen molar-refractivity contribution in [3.8, 4) is 11.5 Å². The molecule has 0 spiro atoms. The molecule has 0 N–H and O–H groups in total. The minimum absolute atomic E-state index is 0.783. The van der Waals surface area contributed by atoms with Gasteiger partial charge in [0.2, 0.25) is 0 Å². The van der Waals surface area contributed by atoms with Crippen LogP contribution in [0.4, 0.5) is 0 Å². The highest BCUT2D eigenvalue weighted by Crippen LogP contribution is 2.67. The molecule has 0 saturated heterocycles. The molecule has 2 fully saturated rings. The first-order valence-electron chi connectivity index (χ1n) is 7.40. The van der Waals surface area contributed by atoms with E-state index in [1.54, 1.807) is 14.2 Å². The van der Waals surface area contributed by atoms with Gasteiger partial charge in [-0.05, 0) is 53.7 Å². The zero-order valence-corrected chi connectivity index (χ0v) is 12.0. The van der Waals surface area contributed by atoms with Gasteiger partial charge in [0.15, 0.2) is 0 Å². The maximum atomic E-state index is 5.31. The molecule has 1 unspecified atom stereocenters. The van der Waals surface area contributed by atoms with Gasteiger partial charge in [-0.25, -0.2) is 0 Å². The molecule has 0 aromatic heterocycles. The van der Waals surface area contributed by atoms with Crippen molar-refractivity contribution in [1.29, 1.82) is 0 Å². The van der Waals surface area contributed by atoms with Gasteiger partial charge in [-0.3, -0.25) is 0 Å². The molecule has 1 aromatic carbocycles. The Kier molecular flexibility index (Phi) is 2.66. The van der Waals surface area contributed by atoms with Crippen molar-refractivity contribution in [2.45, 2.75) is 6.42 Å². The summed E-state index contributed by atoms with van der Waals surface area (Å²) in [6.07, 6.45) is 10.9. The number of rotatable bonds is 4. The second-order valence-electron chi connectivity index (χ2n) is 6.19. The summed E-state index contributed by atoms with van der Waals surface area (Å²) >= 11 is 0. The smallest absolute Gasteiger partial charge is 0.123 e. The van der Waals surface area contributed by atoms with E-state index in [1.165, 1.54) is 6.42 Å². The number of ether oxygens (including phenoxy) is 2. The Morgan fingerprint density at radius 2 is 1.55 bits per heavy atom. The van der Waals surface area contributed by atoms with Crippen LogP contribution in [0.1, 0.15) is 12.0 Å². The van der Waals surface area contributed by atoms with Gasteiger partial charge in [0.1, 0.15) is 11.5 Å². The van der Waals surface area contributed by atoms with Crippen molar-refractivity contribution in [2.75, 3.05) is 14.2 Å². The topological polar surface area (TPSA) is 18.5 Å². The minimum Gasteiger partial charge on any atom is -0.497 e. The van der Waals surface area contributed by atoms with E-state index >= 15 is 0 Å². The van der Waals surface area contributed by atoms with Crippen molar-refractivity contribution < 1.29 is 9.47 Å². The number of hydrogen-bond donors (Lipinski definition) is 0.